The molecule has 0 atom stereocenters. The van der Waals surface area contributed by atoms with Gasteiger partial charge in [-0.2, -0.15) is 0 Å². The topological polar surface area (TPSA) is 54.9 Å². The van der Waals surface area contributed by atoms with Crippen molar-refractivity contribution in [1.29, 1.82) is 0 Å². The smallest absolute Gasteiger partial charge is 0.210 e. The van der Waals surface area contributed by atoms with Crippen molar-refractivity contribution in [3.63, 3.8) is 0 Å². The Morgan fingerprint density at radius 1 is 1.20 bits per heavy atom. The van der Waals surface area contributed by atoms with Crippen molar-refractivity contribution in [2.75, 3.05) is 11.1 Å². The van der Waals surface area contributed by atoms with Crippen molar-refractivity contribution >= 4 is 39.7 Å². The first-order valence-corrected chi connectivity index (χ1v) is 9.41. The van der Waals surface area contributed by atoms with E-state index in [1.807, 2.05) is 26.0 Å². The second-order valence-corrected chi connectivity index (χ2v) is 7.71. The Kier molecular flexibility index (Phi) is 5.45. The molecule has 4 nitrogen and oxygen atoms in total. The van der Waals surface area contributed by atoms with E-state index < -0.39 is 5.82 Å². The van der Waals surface area contributed by atoms with Gasteiger partial charge in [0.25, 0.3) is 0 Å². The molecule has 7 heteroatoms. The fraction of sp³-hybridized carbons (Fsp3) is 0.167. The number of carbonyl (C=O) groups is 1. The van der Waals surface area contributed by atoms with Gasteiger partial charge >= 0.3 is 0 Å². The van der Waals surface area contributed by atoms with Crippen molar-refractivity contribution in [2.45, 2.75) is 18.2 Å². The fourth-order valence-electron chi connectivity index (χ4n) is 2.28. The number of halogens is 1. The molecule has 0 aliphatic heterocycles. The number of anilines is 2. The van der Waals surface area contributed by atoms with E-state index in [9.17, 15) is 9.18 Å². The van der Waals surface area contributed by atoms with E-state index >= 15 is 0 Å². The lowest BCUT2D eigenvalue weighted by Crippen LogP contribution is -2.04. The van der Waals surface area contributed by atoms with Crippen LogP contribution in [0, 0.1) is 19.7 Å². The zero-order chi connectivity index (χ0) is 17.8. The van der Waals surface area contributed by atoms with E-state index in [1.165, 1.54) is 40.8 Å². The zero-order valence-electron chi connectivity index (χ0n) is 13.7. The molecule has 3 rings (SSSR count). The average Bonchev–Trinajstić information content (AvgIpc) is 3.03. The number of Topliss-reactive ketones (excluding diaryl/α,β-unsaturated/α-hetero) is 1. The fourth-order valence-corrected chi connectivity index (χ4v) is 3.93. The summed E-state index contributed by atoms with van der Waals surface area (Å²) in [7, 11) is 0. The predicted molar refractivity (Wildman–Crippen MR) is 101 cm³/mol. The van der Waals surface area contributed by atoms with Gasteiger partial charge in [0.05, 0.1) is 11.3 Å². The van der Waals surface area contributed by atoms with Crippen LogP contribution in [0.2, 0.25) is 0 Å². The van der Waals surface area contributed by atoms with Crippen LogP contribution in [0.25, 0.3) is 0 Å². The van der Waals surface area contributed by atoms with Gasteiger partial charge in [0.2, 0.25) is 5.13 Å². The number of rotatable bonds is 6. The normalized spacial score (nSPS) is 10.7. The molecule has 0 radical (unpaired) electrons. The molecule has 128 valence electrons. The SMILES string of the molecule is Cc1ccc(Nc2nnc(SCC(=O)c3ccccc3F)s2)c(C)c1. The van der Waals surface area contributed by atoms with Gasteiger partial charge in [-0.3, -0.25) is 4.79 Å². The van der Waals surface area contributed by atoms with E-state index in [0.29, 0.717) is 9.47 Å². The molecular weight excluding hydrogens is 357 g/mol. The number of carbonyl (C=O) groups excluding carboxylic acids is 1. The van der Waals surface area contributed by atoms with E-state index in [2.05, 4.69) is 21.6 Å². The number of ketones is 1. The van der Waals surface area contributed by atoms with Crippen LogP contribution in [0.5, 0.6) is 0 Å². The molecule has 0 fully saturated rings. The van der Waals surface area contributed by atoms with Gasteiger partial charge in [-0.15, -0.1) is 10.2 Å². The first-order chi connectivity index (χ1) is 12.0. The van der Waals surface area contributed by atoms with Gasteiger partial charge < -0.3 is 5.32 Å². The quantitative estimate of drug-likeness (QED) is 0.486. The highest BCUT2D eigenvalue weighted by atomic mass is 32.2. The van der Waals surface area contributed by atoms with E-state index in [4.69, 9.17) is 0 Å². The molecule has 0 amide bonds. The Hall–Kier alpha value is -2.25. The Balaban J connectivity index is 1.62. The van der Waals surface area contributed by atoms with Crippen LogP contribution in [-0.4, -0.2) is 21.7 Å². The molecule has 1 heterocycles. The van der Waals surface area contributed by atoms with Gasteiger partial charge in [0, 0.05) is 5.69 Å². The molecule has 3 aromatic rings. The van der Waals surface area contributed by atoms with Gasteiger partial charge in [-0.05, 0) is 37.6 Å². The molecule has 0 spiro atoms. The van der Waals surface area contributed by atoms with Gasteiger partial charge in [-0.1, -0.05) is 52.9 Å². The highest BCUT2D eigenvalue weighted by molar-refractivity contribution is 8.01. The maximum Gasteiger partial charge on any atom is 0.210 e. The number of nitrogens with zero attached hydrogens (tertiary/aromatic N) is 2. The molecule has 1 N–H and O–H groups in total. The molecule has 2 aromatic carbocycles. The second kappa shape index (κ2) is 7.76. The Bertz CT molecular complexity index is 911. The highest BCUT2D eigenvalue weighted by Gasteiger charge is 2.13. The molecule has 1 aromatic heterocycles. The van der Waals surface area contributed by atoms with E-state index in [-0.39, 0.29) is 17.1 Å². The summed E-state index contributed by atoms with van der Waals surface area (Å²) in [6.07, 6.45) is 0. The van der Waals surface area contributed by atoms with Crippen LogP contribution in [0.15, 0.2) is 46.8 Å². The zero-order valence-corrected chi connectivity index (χ0v) is 15.4. The van der Waals surface area contributed by atoms with Gasteiger partial charge in [-0.25, -0.2) is 4.39 Å². The Morgan fingerprint density at radius 3 is 2.76 bits per heavy atom. The van der Waals surface area contributed by atoms with Crippen LogP contribution >= 0.6 is 23.1 Å². The van der Waals surface area contributed by atoms with Crippen molar-refractivity contribution < 1.29 is 9.18 Å². The molecule has 0 bridgehead atoms. The Labute approximate surface area is 153 Å². The molecular formula is C18H16FN3OS2. The van der Waals surface area contributed by atoms with Crippen LogP contribution in [-0.2, 0) is 0 Å². The summed E-state index contributed by atoms with van der Waals surface area (Å²) in [4.78, 5) is 12.1. The lowest BCUT2D eigenvalue weighted by molar-refractivity contribution is 0.101. The molecule has 0 aliphatic carbocycles. The van der Waals surface area contributed by atoms with E-state index in [0.717, 1.165) is 11.3 Å². The summed E-state index contributed by atoms with van der Waals surface area (Å²) in [6, 6.07) is 12.1. The van der Waals surface area contributed by atoms with Crippen LogP contribution in [0.3, 0.4) is 0 Å². The Morgan fingerprint density at radius 2 is 2.00 bits per heavy atom. The third-order valence-electron chi connectivity index (χ3n) is 3.53. The van der Waals surface area contributed by atoms with Crippen molar-refractivity contribution in [2.24, 2.45) is 0 Å². The summed E-state index contributed by atoms with van der Waals surface area (Å²) < 4.78 is 14.3. The van der Waals surface area contributed by atoms with Gasteiger partial charge in [0.15, 0.2) is 10.1 Å². The summed E-state index contributed by atoms with van der Waals surface area (Å²) >= 11 is 2.62. The minimum Gasteiger partial charge on any atom is -0.330 e. The first kappa shape index (κ1) is 17.6. The second-order valence-electron chi connectivity index (χ2n) is 5.51. The number of benzene rings is 2. The first-order valence-electron chi connectivity index (χ1n) is 7.61. The van der Waals surface area contributed by atoms with E-state index in [1.54, 1.807) is 12.1 Å². The minimum atomic E-state index is -0.498. The minimum absolute atomic E-state index is 0.105. The molecule has 0 aliphatic rings. The summed E-state index contributed by atoms with van der Waals surface area (Å²) in [6.45, 7) is 4.07. The number of hydrogen-bond acceptors (Lipinski definition) is 6. The molecule has 0 unspecified atom stereocenters. The maximum atomic E-state index is 13.6. The monoisotopic (exact) mass is 373 g/mol. The predicted octanol–water partition coefficient (Wildman–Crippen LogP) is 5.01. The third kappa shape index (κ3) is 4.43. The summed E-state index contributed by atoms with van der Waals surface area (Å²) in [5.41, 5.74) is 3.40. The standard InChI is InChI=1S/C18H16FN3OS2/c1-11-7-8-15(12(2)9-11)20-17-21-22-18(25-17)24-10-16(23)13-5-3-4-6-14(13)19/h3-9H,10H2,1-2H3,(H,20,21). The van der Waals surface area contributed by atoms with Crippen molar-refractivity contribution in [1.82, 2.24) is 10.2 Å². The molecule has 0 saturated carbocycles. The van der Waals surface area contributed by atoms with Crippen LogP contribution in [0.1, 0.15) is 21.5 Å². The maximum absolute atomic E-state index is 13.6. The van der Waals surface area contributed by atoms with Crippen molar-refractivity contribution in [3.8, 4) is 0 Å². The lowest BCUT2D eigenvalue weighted by atomic mass is 10.1. The number of aromatic nitrogens is 2. The number of hydrogen-bond donors (Lipinski definition) is 1. The number of aryl methyl sites for hydroxylation is 2. The molecule has 25 heavy (non-hydrogen) atoms. The highest BCUT2D eigenvalue weighted by Crippen LogP contribution is 2.29. The van der Waals surface area contributed by atoms with Crippen LogP contribution in [0.4, 0.5) is 15.2 Å². The van der Waals surface area contributed by atoms with Gasteiger partial charge in [0.1, 0.15) is 5.82 Å². The largest absolute Gasteiger partial charge is 0.330 e. The van der Waals surface area contributed by atoms with Crippen molar-refractivity contribution in [3.05, 3.63) is 65.0 Å². The average molecular weight is 373 g/mol. The van der Waals surface area contributed by atoms with Crippen LogP contribution < -0.4 is 5.32 Å². The lowest BCUT2D eigenvalue weighted by Gasteiger charge is -2.06. The molecule has 0 saturated heterocycles. The third-order valence-corrected chi connectivity index (χ3v) is 5.50. The summed E-state index contributed by atoms with van der Waals surface area (Å²) in [5, 5.41) is 12.1. The number of nitrogens with one attached hydrogen (secondary N) is 1. The summed E-state index contributed by atoms with van der Waals surface area (Å²) in [5.74, 6) is -0.635. The number of thioether (sulfide) groups is 1.